The van der Waals surface area contributed by atoms with Crippen LogP contribution in [0, 0.1) is 5.92 Å². The van der Waals surface area contributed by atoms with Crippen LogP contribution < -0.4 is 0 Å². The predicted molar refractivity (Wildman–Crippen MR) is 52.8 cm³/mol. The summed E-state index contributed by atoms with van der Waals surface area (Å²) in [5, 5.41) is 8.29. The SMILES string of the molecule is CS(=O)(=O)[C@H]1CCC[C@H](CC(=O)O)C1. The van der Waals surface area contributed by atoms with Gasteiger partial charge in [-0.05, 0) is 25.2 Å². The average Bonchev–Trinajstić information content (AvgIpc) is 2.01. The highest BCUT2D eigenvalue weighted by Gasteiger charge is 2.29. The Morgan fingerprint density at radius 3 is 2.57 bits per heavy atom. The van der Waals surface area contributed by atoms with Crippen molar-refractivity contribution in [3.8, 4) is 0 Å². The van der Waals surface area contributed by atoms with Crippen LogP contribution in [0.4, 0.5) is 0 Å². The topological polar surface area (TPSA) is 71.4 Å². The Hall–Kier alpha value is -0.580. The molecule has 0 aromatic rings. The van der Waals surface area contributed by atoms with Gasteiger partial charge in [-0.2, -0.15) is 0 Å². The number of aliphatic carboxylic acids is 1. The lowest BCUT2D eigenvalue weighted by Gasteiger charge is -2.26. The number of sulfone groups is 1. The molecule has 1 fully saturated rings. The Balaban J connectivity index is 2.56. The van der Waals surface area contributed by atoms with E-state index in [2.05, 4.69) is 0 Å². The van der Waals surface area contributed by atoms with Crippen molar-refractivity contribution >= 4 is 15.8 Å². The van der Waals surface area contributed by atoms with Gasteiger partial charge in [-0.15, -0.1) is 0 Å². The van der Waals surface area contributed by atoms with Crippen LogP contribution in [0.15, 0.2) is 0 Å². The minimum absolute atomic E-state index is 0.0426. The van der Waals surface area contributed by atoms with Gasteiger partial charge in [0, 0.05) is 12.7 Å². The molecule has 2 atom stereocenters. The first-order valence-electron chi connectivity index (χ1n) is 4.80. The van der Waals surface area contributed by atoms with Crippen molar-refractivity contribution in [1.29, 1.82) is 0 Å². The standard InChI is InChI=1S/C9H16O4S/c1-14(12,13)8-4-2-3-7(5-8)6-9(10)11/h7-8H,2-6H2,1H3,(H,10,11)/t7-,8-/m0/s1. The average molecular weight is 220 g/mol. The molecule has 0 bridgehead atoms. The molecule has 0 aliphatic heterocycles. The lowest BCUT2D eigenvalue weighted by molar-refractivity contribution is -0.138. The van der Waals surface area contributed by atoms with Gasteiger partial charge in [0.25, 0.3) is 0 Å². The van der Waals surface area contributed by atoms with Crippen LogP contribution in [0.25, 0.3) is 0 Å². The van der Waals surface area contributed by atoms with Gasteiger partial charge >= 0.3 is 5.97 Å². The van der Waals surface area contributed by atoms with Crippen LogP contribution in [0.3, 0.4) is 0 Å². The zero-order chi connectivity index (χ0) is 10.8. The highest BCUT2D eigenvalue weighted by atomic mass is 32.2. The molecule has 1 aliphatic rings. The molecule has 0 aromatic heterocycles. The van der Waals surface area contributed by atoms with Crippen molar-refractivity contribution in [3.63, 3.8) is 0 Å². The molecule has 14 heavy (non-hydrogen) atoms. The van der Waals surface area contributed by atoms with Gasteiger partial charge in [0.15, 0.2) is 0 Å². The number of hydrogen-bond acceptors (Lipinski definition) is 3. The van der Waals surface area contributed by atoms with Crippen LogP contribution in [0.5, 0.6) is 0 Å². The van der Waals surface area contributed by atoms with Gasteiger partial charge in [0.05, 0.1) is 5.25 Å². The summed E-state index contributed by atoms with van der Waals surface area (Å²) >= 11 is 0. The summed E-state index contributed by atoms with van der Waals surface area (Å²) in [7, 11) is -2.99. The van der Waals surface area contributed by atoms with Crippen molar-refractivity contribution in [1.82, 2.24) is 0 Å². The van der Waals surface area contributed by atoms with Crippen molar-refractivity contribution in [2.45, 2.75) is 37.4 Å². The second kappa shape index (κ2) is 4.29. The van der Waals surface area contributed by atoms with E-state index < -0.39 is 15.8 Å². The Morgan fingerprint density at radius 1 is 1.43 bits per heavy atom. The van der Waals surface area contributed by atoms with Crippen LogP contribution in [0.2, 0.25) is 0 Å². The molecule has 0 amide bonds. The first kappa shape index (κ1) is 11.5. The van der Waals surface area contributed by atoms with E-state index in [1.54, 1.807) is 0 Å². The van der Waals surface area contributed by atoms with Gasteiger partial charge in [0.2, 0.25) is 0 Å². The molecule has 0 unspecified atom stereocenters. The Morgan fingerprint density at radius 2 is 2.07 bits per heavy atom. The third-order valence-electron chi connectivity index (χ3n) is 2.80. The van der Waals surface area contributed by atoms with Gasteiger partial charge in [-0.3, -0.25) is 4.79 Å². The summed E-state index contributed by atoms with van der Waals surface area (Å²) in [5.41, 5.74) is 0. The molecule has 0 spiro atoms. The molecule has 5 heteroatoms. The summed E-state index contributed by atoms with van der Waals surface area (Å²) in [5.74, 6) is -0.787. The zero-order valence-electron chi connectivity index (χ0n) is 8.27. The highest BCUT2D eigenvalue weighted by Crippen LogP contribution is 2.30. The van der Waals surface area contributed by atoms with Crippen LogP contribution in [0.1, 0.15) is 32.1 Å². The lowest BCUT2D eigenvalue weighted by Crippen LogP contribution is -2.28. The first-order valence-corrected chi connectivity index (χ1v) is 6.75. The van der Waals surface area contributed by atoms with E-state index in [1.165, 1.54) is 6.26 Å². The third-order valence-corrected chi connectivity index (χ3v) is 4.44. The van der Waals surface area contributed by atoms with Crippen molar-refractivity contribution < 1.29 is 18.3 Å². The first-order chi connectivity index (χ1) is 6.39. The minimum Gasteiger partial charge on any atom is -0.481 e. The number of carboxylic acid groups (broad SMARTS) is 1. The van der Waals surface area contributed by atoms with E-state index >= 15 is 0 Å². The summed E-state index contributed by atoms with van der Waals surface area (Å²) in [6.45, 7) is 0. The quantitative estimate of drug-likeness (QED) is 0.772. The summed E-state index contributed by atoms with van der Waals surface area (Å²) < 4.78 is 22.5. The Labute approximate surface area is 84.2 Å². The van der Waals surface area contributed by atoms with Gasteiger partial charge in [0.1, 0.15) is 9.84 Å². The van der Waals surface area contributed by atoms with Crippen molar-refractivity contribution in [2.75, 3.05) is 6.26 Å². The van der Waals surface area contributed by atoms with Crippen LogP contribution >= 0.6 is 0 Å². The lowest BCUT2D eigenvalue weighted by atomic mass is 9.87. The maximum atomic E-state index is 11.3. The molecule has 0 radical (unpaired) electrons. The van der Waals surface area contributed by atoms with Gasteiger partial charge in [-0.25, -0.2) is 8.42 Å². The zero-order valence-corrected chi connectivity index (χ0v) is 9.09. The van der Waals surface area contributed by atoms with E-state index in [4.69, 9.17) is 5.11 Å². The predicted octanol–water partition coefficient (Wildman–Crippen LogP) is 1.06. The molecule has 0 aromatic carbocycles. The fourth-order valence-corrected chi connectivity index (χ4v) is 3.28. The smallest absolute Gasteiger partial charge is 0.303 e. The fraction of sp³-hybridized carbons (Fsp3) is 0.889. The molecule has 0 heterocycles. The highest BCUT2D eigenvalue weighted by molar-refractivity contribution is 7.91. The second-order valence-corrected chi connectivity index (χ2v) is 6.41. The van der Waals surface area contributed by atoms with E-state index in [1.807, 2.05) is 0 Å². The normalized spacial score (nSPS) is 28.6. The summed E-state index contributed by atoms with van der Waals surface area (Å²) in [6, 6.07) is 0. The third kappa shape index (κ3) is 3.29. The monoisotopic (exact) mass is 220 g/mol. The fourth-order valence-electron chi connectivity index (χ4n) is 2.06. The number of carbonyl (C=O) groups is 1. The van der Waals surface area contributed by atoms with Gasteiger partial charge < -0.3 is 5.11 Å². The molecule has 1 saturated carbocycles. The molecule has 1 aliphatic carbocycles. The second-order valence-electron chi connectivity index (χ2n) is 4.08. The molecule has 4 nitrogen and oxygen atoms in total. The maximum Gasteiger partial charge on any atom is 0.303 e. The number of rotatable bonds is 3. The molecular formula is C9H16O4S. The molecular weight excluding hydrogens is 204 g/mol. The largest absolute Gasteiger partial charge is 0.481 e. The Bertz CT molecular complexity index is 307. The van der Waals surface area contributed by atoms with E-state index in [-0.39, 0.29) is 17.6 Å². The van der Waals surface area contributed by atoms with E-state index in [0.29, 0.717) is 12.8 Å². The maximum absolute atomic E-state index is 11.3. The minimum atomic E-state index is -2.99. The summed E-state index contributed by atoms with van der Waals surface area (Å²) in [6.07, 6.45) is 4.22. The van der Waals surface area contributed by atoms with Crippen molar-refractivity contribution in [3.05, 3.63) is 0 Å². The van der Waals surface area contributed by atoms with Gasteiger partial charge in [-0.1, -0.05) is 6.42 Å². The van der Waals surface area contributed by atoms with E-state index in [0.717, 1.165) is 12.8 Å². The number of carboxylic acids is 1. The number of hydrogen-bond donors (Lipinski definition) is 1. The van der Waals surface area contributed by atoms with Crippen molar-refractivity contribution in [2.24, 2.45) is 5.92 Å². The molecule has 1 rings (SSSR count). The van der Waals surface area contributed by atoms with E-state index in [9.17, 15) is 13.2 Å². The summed E-state index contributed by atoms with van der Waals surface area (Å²) in [4.78, 5) is 10.5. The Kier molecular flexibility index (Phi) is 3.53. The molecule has 0 saturated heterocycles. The molecule has 1 N–H and O–H groups in total. The molecule has 82 valence electrons. The van der Waals surface area contributed by atoms with Crippen LogP contribution in [-0.2, 0) is 14.6 Å². The van der Waals surface area contributed by atoms with Crippen LogP contribution in [-0.4, -0.2) is 31.0 Å².